The number of hydrogen-bond donors (Lipinski definition) is 1. The summed E-state index contributed by atoms with van der Waals surface area (Å²) >= 11 is 12.4. The minimum atomic E-state index is -0.0554. The Balaban J connectivity index is 1.56. The molecule has 0 fully saturated rings. The molecule has 26 heavy (non-hydrogen) atoms. The second kappa shape index (κ2) is 7.51. The van der Waals surface area contributed by atoms with Crippen molar-refractivity contribution >= 4 is 28.9 Å². The van der Waals surface area contributed by atoms with Crippen LogP contribution in [-0.2, 0) is 19.5 Å². The molecule has 2 aliphatic rings. The lowest BCUT2D eigenvalue weighted by Crippen LogP contribution is -2.36. The second-order valence-electron chi connectivity index (χ2n) is 6.82. The van der Waals surface area contributed by atoms with Crippen LogP contribution in [0.5, 0.6) is 0 Å². The van der Waals surface area contributed by atoms with Gasteiger partial charge in [0.2, 0.25) is 0 Å². The van der Waals surface area contributed by atoms with E-state index >= 15 is 0 Å². The van der Waals surface area contributed by atoms with Gasteiger partial charge in [0.1, 0.15) is 0 Å². The normalized spacial score (nSPS) is 17.7. The molecule has 1 aromatic carbocycles. The van der Waals surface area contributed by atoms with Gasteiger partial charge in [-0.05, 0) is 43.0 Å². The number of hydrogen-bond acceptors (Lipinski definition) is 4. The molecule has 0 bridgehead atoms. The predicted octanol–water partition coefficient (Wildman–Crippen LogP) is 3.61. The highest BCUT2D eigenvalue weighted by atomic mass is 35.5. The van der Waals surface area contributed by atoms with Crippen molar-refractivity contribution in [2.75, 3.05) is 13.1 Å². The number of benzene rings is 1. The van der Waals surface area contributed by atoms with Crippen molar-refractivity contribution in [3.05, 3.63) is 61.2 Å². The van der Waals surface area contributed by atoms with E-state index in [-0.39, 0.29) is 5.56 Å². The smallest absolute Gasteiger partial charge is 0.255 e. The molecule has 0 spiro atoms. The number of rotatable bonds is 3. The lowest BCUT2D eigenvalue weighted by molar-refractivity contribution is 0.241. The zero-order valence-corrected chi connectivity index (χ0v) is 15.9. The Morgan fingerprint density at radius 2 is 2.08 bits per heavy atom. The monoisotopic (exact) mass is 390 g/mol. The van der Waals surface area contributed by atoms with Gasteiger partial charge in [0.15, 0.2) is 5.82 Å². The zero-order chi connectivity index (χ0) is 18.1. The van der Waals surface area contributed by atoms with Gasteiger partial charge in [-0.2, -0.15) is 0 Å². The van der Waals surface area contributed by atoms with Crippen LogP contribution in [0.25, 0.3) is 0 Å². The van der Waals surface area contributed by atoms with E-state index in [4.69, 9.17) is 28.2 Å². The summed E-state index contributed by atoms with van der Waals surface area (Å²) in [5.74, 6) is 0.653. The number of aliphatic imine (C=N–C) groups is 1. The first kappa shape index (κ1) is 17.7. The van der Waals surface area contributed by atoms with Crippen LogP contribution in [0.4, 0.5) is 0 Å². The summed E-state index contributed by atoms with van der Waals surface area (Å²) in [6.45, 7) is 2.88. The van der Waals surface area contributed by atoms with Crippen molar-refractivity contribution in [1.82, 2.24) is 14.9 Å². The van der Waals surface area contributed by atoms with Crippen molar-refractivity contribution in [1.29, 1.82) is 0 Å². The molecule has 2 aromatic rings. The molecular weight excluding hydrogens is 371 g/mol. The van der Waals surface area contributed by atoms with Crippen molar-refractivity contribution in [2.24, 2.45) is 4.99 Å². The van der Waals surface area contributed by atoms with E-state index in [0.717, 1.165) is 61.3 Å². The lowest BCUT2D eigenvalue weighted by Gasteiger charge is -2.28. The number of aromatic amines is 1. The van der Waals surface area contributed by atoms with Crippen molar-refractivity contribution in [3.8, 4) is 0 Å². The fraction of sp³-hybridized carbons (Fsp3) is 0.421. The molecule has 0 unspecified atom stereocenters. The van der Waals surface area contributed by atoms with Crippen LogP contribution >= 0.6 is 23.2 Å². The fourth-order valence-corrected chi connectivity index (χ4v) is 3.92. The van der Waals surface area contributed by atoms with Crippen LogP contribution in [0.3, 0.4) is 0 Å². The van der Waals surface area contributed by atoms with Gasteiger partial charge >= 0.3 is 0 Å². The summed E-state index contributed by atoms with van der Waals surface area (Å²) in [5, 5.41) is 1.36. The molecule has 136 valence electrons. The molecule has 0 saturated heterocycles. The molecule has 0 atom stereocenters. The summed E-state index contributed by atoms with van der Waals surface area (Å²) in [5.41, 5.74) is 3.49. The maximum atomic E-state index is 12.6. The Kier molecular flexibility index (Phi) is 5.11. The zero-order valence-electron chi connectivity index (χ0n) is 14.4. The molecule has 0 saturated carbocycles. The maximum Gasteiger partial charge on any atom is 0.255 e. The van der Waals surface area contributed by atoms with Crippen LogP contribution in [0.2, 0.25) is 10.0 Å². The highest BCUT2D eigenvalue weighted by molar-refractivity contribution is 6.33. The summed E-state index contributed by atoms with van der Waals surface area (Å²) in [7, 11) is 0. The topological polar surface area (TPSA) is 61.4 Å². The largest absolute Gasteiger partial charge is 0.305 e. The minimum absolute atomic E-state index is 0.0554. The van der Waals surface area contributed by atoms with Gasteiger partial charge in [0.25, 0.3) is 5.56 Å². The SMILES string of the molecule is O=c1[nH]c(C2=NCCCC2)nc2c1CN(Cc1cc(Cl)ccc1Cl)CC2. The van der Waals surface area contributed by atoms with Crippen LogP contribution in [0.1, 0.15) is 41.9 Å². The molecule has 4 rings (SSSR count). The lowest BCUT2D eigenvalue weighted by atomic mass is 10.0. The third-order valence-electron chi connectivity index (χ3n) is 4.95. The molecule has 0 aliphatic carbocycles. The van der Waals surface area contributed by atoms with E-state index in [1.807, 2.05) is 12.1 Å². The Morgan fingerprint density at radius 1 is 1.19 bits per heavy atom. The predicted molar refractivity (Wildman–Crippen MR) is 104 cm³/mol. The third kappa shape index (κ3) is 3.70. The number of fused-ring (bicyclic) bond motifs is 1. The molecule has 1 N–H and O–H groups in total. The van der Waals surface area contributed by atoms with Crippen LogP contribution in [0, 0.1) is 0 Å². The number of H-pyrrole nitrogens is 1. The molecular formula is C19H20Cl2N4O. The summed E-state index contributed by atoms with van der Waals surface area (Å²) in [6, 6.07) is 5.47. The van der Waals surface area contributed by atoms with E-state index in [0.29, 0.717) is 29.0 Å². The highest BCUT2D eigenvalue weighted by Gasteiger charge is 2.23. The standard InChI is InChI=1S/C19H20Cl2N4O/c20-13-4-5-15(21)12(9-13)10-25-8-6-16-14(11-25)19(26)24-18(23-16)17-3-1-2-7-22-17/h4-5,9H,1-3,6-8,10-11H2,(H,23,24,26). The Morgan fingerprint density at radius 3 is 2.88 bits per heavy atom. The van der Waals surface area contributed by atoms with E-state index in [2.05, 4.69) is 14.9 Å². The first-order valence-corrected chi connectivity index (χ1v) is 9.68. The average Bonchev–Trinajstić information content (AvgIpc) is 2.66. The molecule has 5 nitrogen and oxygen atoms in total. The summed E-state index contributed by atoms with van der Waals surface area (Å²) in [4.78, 5) is 27.0. The number of aromatic nitrogens is 2. The average molecular weight is 391 g/mol. The minimum Gasteiger partial charge on any atom is -0.305 e. The van der Waals surface area contributed by atoms with Crippen molar-refractivity contribution in [2.45, 2.75) is 38.8 Å². The van der Waals surface area contributed by atoms with Gasteiger partial charge in [0, 0.05) is 42.6 Å². The fourth-order valence-electron chi connectivity index (χ4n) is 3.55. The maximum absolute atomic E-state index is 12.6. The van der Waals surface area contributed by atoms with Gasteiger partial charge in [-0.3, -0.25) is 14.7 Å². The molecule has 7 heteroatoms. The van der Waals surface area contributed by atoms with Crippen molar-refractivity contribution < 1.29 is 0 Å². The summed E-state index contributed by atoms with van der Waals surface area (Å²) in [6.07, 6.45) is 3.85. The molecule has 3 heterocycles. The van der Waals surface area contributed by atoms with Gasteiger partial charge < -0.3 is 4.98 Å². The first-order valence-electron chi connectivity index (χ1n) is 8.92. The van der Waals surface area contributed by atoms with E-state index in [9.17, 15) is 4.79 Å². The van der Waals surface area contributed by atoms with Gasteiger partial charge in [-0.1, -0.05) is 23.2 Å². The van der Waals surface area contributed by atoms with E-state index in [1.54, 1.807) is 6.07 Å². The van der Waals surface area contributed by atoms with Crippen LogP contribution in [-0.4, -0.2) is 33.7 Å². The number of nitrogens with zero attached hydrogens (tertiary/aromatic N) is 3. The number of nitrogens with one attached hydrogen (secondary N) is 1. The Bertz CT molecular complexity index is 922. The quantitative estimate of drug-likeness (QED) is 0.870. The number of halogens is 2. The molecule has 2 aliphatic heterocycles. The van der Waals surface area contributed by atoms with Crippen molar-refractivity contribution in [3.63, 3.8) is 0 Å². The van der Waals surface area contributed by atoms with Gasteiger partial charge in [0.05, 0.1) is 17.0 Å². The third-order valence-corrected chi connectivity index (χ3v) is 5.55. The van der Waals surface area contributed by atoms with Crippen LogP contribution < -0.4 is 5.56 Å². The molecule has 1 aromatic heterocycles. The van der Waals surface area contributed by atoms with Crippen LogP contribution in [0.15, 0.2) is 28.0 Å². The summed E-state index contributed by atoms with van der Waals surface area (Å²) < 4.78 is 0. The van der Waals surface area contributed by atoms with Gasteiger partial charge in [-0.25, -0.2) is 4.98 Å². The Labute approximate surface area is 162 Å². The van der Waals surface area contributed by atoms with E-state index in [1.165, 1.54) is 0 Å². The Hall–Kier alpha value is -1.69. The highest BCUT2D eigenvalue weighted by Crippen LogP contribution is 2.24. The van der Waals surface area contributed by atoms with E-state index < -0.39 is 0 Å². The second-order valence-corrected chi connectivity index (χ2v) is 7.67. The molecule has 0 radical (unpaired) electrons. The molecule has 0 amide bonds. The first-order chi connectivity index (χ1) is 12.6. The van der Waals surface area contributed by atoms with Gasteiger partial charge in [-0.15, -0.1) is 0 Å².